The number of hydrogen-bond donors (Lipinski definition) is 1. The number of halogens is 1. The second kappa shape index (κ2) is 5.43. The van der Waals surface area contributed by atoms with Crippen LogP contribution in [-0.2, 0) is 0 Å². The summed E-state index contributed by atoms with van der Waals surface area (Å²) < 4.78 is 0. The number of nitrogens with zero attached hydrogens (tertiary/aromatic N) is 1. The number of rotatable bonds is 2. The summed E-state index contributed by atoms with van der Waals surface area (Å²) in [6, 6.07) is 10.1. The summed E-state index contributed by atoms with van der Waals surface area (Å²) in [6.45, 7) is 4.58. The van der Waals surface area contributed by atoms with Crippen LogP contribution in [0, 0.1) is 16.7 Å². The van der Waals surface area contributed by atoms with E-state index in [1.54, 1.807) is 0 Å². The molecule has 1 saturated carbocycles. The molecule has 1 aromatic carbocycles. The molecular weight excluding hydrogens is 256 g/mol. The van der Waals surface area contributed by atoms with Gasteiger partial charge in [0.15, 0.2) is 0 Å². The topological polar surface area (TPSA) is 35.8 Å². The van der Waals surface area contributed by atoms with Gasteiger partial charge < -0.3 is 5.32 Å². The predicted molar refractivity (Wildman–Crippen MR) is 80.3 cm³/mol. The molecule has 1 unspecified atom stereocenters. The van der Waals surface area contributed by atoms with Crippen molar-refractivity contribution >= 4 is 17.3 Å². The van der Waals surface area contributed by atoms with Gasteiger partial charge in [-0.1, -0.05) is 31.5 Å². The lowest BCUT2D eigenvalue weighted by molar-refractivity contribution is 0.310. The largest absolute Gasteiger partial charge is 0.367 e. The minimum atomic E-state index is -0.446. The SMILES string of the molecule is CC1(C)CCCC(C#N)(Nc2cccc(Cl)c2)CC1. The van der Waals surface area contributed by atoms with Crippen molar-refractivity contribution in [3.63, 3.8) is 0 Å². The van der Waals surface area contributed by atoms with Gasteiger partial charge in [0.05, 0.1) is 6.07 Å². The molecule has 1 fully saturated rings. The number of anilines is 1. The maximum Gasteiger partial charge on any atom is 0.125 e. The van der Waals surface area contributed by atoms with Crippen LogP contribution in [0.3, 0.4) is 0 Å². The number of nitrogens with one attached hydrogen (secondary N) is 1. The molecule has 0 aromatic heterocycles. The van der Waals surface area contributed by atoms with E-state index in [-0.39, 0.29) is 0 Å². The molecule has 102 valence electrons. The van der Waals surface area contributed by atoms with E-state index in [1.807, 2.05) is 24.3 Å². The quantitative estimate of drug-likeness (QED) is 0.771. The lowest BCUT2D eigenvalue weighted by Crippen LogP contribution is -2.36. The first-order valence-electron chi connectivity index (χ1n) is 6.90. The molecule has 0 saturated heterocycles. The Balaban J connectivity index is 2.17. The van der Waals surface area contributed by atoms with E-state index in [2.05, 4.69) is 25.2 Å². The highest BCUT2D eigenvalue weighted by molar-refractivity contribution is 6.30. The lowest BCUT2D eigenvalue weighted by Gasteiger charge is -2.28. The maximum atomic E-state index is 9.62. The minimum Gasteiger partial charge on any atom is -0.367 e. The standard InChI is InChI=1S/C16H21ClN2/c1-15(2)7-4-8-16(12-18,10-9-15)19-14-6-3-5-13(17)11-14/h3,5-6,11,19H,4,7-10H2,1-2H3. The van der Waals surface area contributed by atoms with Gasteiger partial charge in [-0.15, -0.1) is 0 Å². The summed E-state index contributed by atoms with van der Waals surface area (Å²) >= 11 is 6.01. The monoisotopic (exact) mass is 276 g/mol. The molecule has 0 amide bonds. The summed E-state index contributed by atoms with van der Waals surface area (Å²) in [4.78, 5) is 0. The van der Waals surface area contributed by atoms with Crippen molar-refractivity contribution in [2.45, 2.75) is 51.5 Å². The molecule has 1 aliphatic rings. The van der Waals surface area contributed by atoms with Crippen molar-refractivity contribution < 1.29 is 0 Å². The zero-order valence-electron chi connectivity index (χ0n) is 11.7. The molecule has 1 atom stereocenters. The third kappa shape index (κ3) is 3.64. The predicted octanol–water partition coefficient (Wildman–Crippen LogP) is 5.00. The Hall–Kier alpha value is -1.20. The van der Waals surface area contributed by atoms with Crippen molar-refractivity contribution in [3.05, 3.63) is 29.3 Å². The summed E-state index contributed by atoms with van der Waals surface area (Å²) in [5.41, 5.74) is 0.835. The fourth-order valence-corrected chi connectivity index (χ4v) is 2.97. The van der Waals surface area contributed by atoms with Crippen LogP contribution in [0.15, 0.2) is 24.3 Å². The van der Waals surface area contributed by atoms with Gasteiger partial charge in [0.25, 0.3) is 0 Å². The van der Waals surface area contributed by atoms with Gasteiger partial charge in [0, 0.05) is 10.7 Å². The van der Waals surface area contributed by atoms with Crippen LogP contribution in [0.2, 0.25) is 5.02 Å². The fraction of sp³-hybridized carbons (Fsp3) is 0.562. The van der Waals surface area contributed by atoms with E-state index >= 15 is 0 Å². The summed E-state index contributed by atoms with van der Waals surface area (Å²) in [5, 5.41) is 13.7. The molecule has 0 spiro atoms. The van der Waals surface area contributed by atoms with E-state index in [1.165, 1.54) is 6.42 Å². The summed E-state index contributed by atoms with van der Waals surface area (Å²) in [5.74, 6) is 0. The summed E-state index contributed by atoms with van der Waals surface area (Å²) in [7, 11) is 0. The first kappa shape index (κ1) is 14.2. The van der Waals surface area contributed by atoms with E-state index in [0.29, 0.717) is 10.4 Å². The second-order valence-electron chi connectivity index (χ2n) is 6.35. The number of benzene rings is 1. The molecule has 0 aliphatic heterocycles. The highest BCUT2D eigenvalue weighted by Crippen LogP contribution is 2.39. The zero-order valence-corrected chi connectivity index (χ0v) is 12.4. The van der Waals surface area contributed by atoms with Gasteiger partial charge >= 0.3 is 0 Å². The van der Waals surface area contributed by atoms with Gasteiger partial charge in [-0.2, -0.15) is 5.26 Å². The van der Waals surface area contributed by atoms with Gasteiger partial charge in [0.1, 0.15) is 5.54 Å². The Morgan fingerprint density at radius 3 is 2.68 bits per heavy atom. The van der Waals surface area contributed by atoms with Gasteiger partial charge in [-0.05, 0) is 55.7 Å². The molecule has 1 aliphatic carbocycles. The number of nitriles is 1. The molecule has 19 heavy (non-hydrogen) atoms. The Bertz CT molecular complexity index is 490. The van der Waals surface area contributed by atoms with Crippen molar-refractivity contribution in [3.8, 4) is 6.07 Å². The van der Waals surface area contributed by atoms with Gasteiger partial charge in [-0.3, -0.25) is 0 Å². The Morgan fingerprint density at radius 2 is 2.00 bits per heavy atom. The minimum absolute atomic E-state index is 0.342. The molecule has 3 heteroatoms. The first-order valence-corrected chi connectivity index (χ1v) is 7.28. The van der Waals surface area contributed by atoms with Gasteiger partial charge in [0.2, 0.25) is 0 Å². The van der Waals surface area contributed by atoms with Crippen molar-refractivity contribution in [1.29, 1.82) is 5.26 Å². The normalized spacial score (nSPS) is 26.2. The molecule has 1 N–H and O–H groups in total. The van der Waals surface area contributed by atoms with E-state index in [4.69, 9.17) is 11.6 Å². The molecular formula is C16H21ClN2. The van der Waals surface area contributed by atoms with Crippen LogP contribution in [0.25, 0.3) is 0 Å². The zero-order chi connectivity index (χ0) is 13.9. The van der Waals surface area contributed by atoms with Crippen LogP contribution < -0.4 is 5.32 Å². The van der Waals surface area contributed by atoms with Crippen molar-refractivity contribution in [2.24, 2.45) is 5.41 Å². The van der Waals surface area contributed by atoms with Crippen LogP contribution in [0.4, 0.5) is 5.69 Å². The first-order chi connectivity index (χ1) is 8.95. The van der Waals surface area contributed by atoms with Crippen LogP contribution in [-0.4, -0.2) is 5.54 Å². The Morgan fingerprint density at radius 1 is 1.21 bits per heavy atom. The van der Waals surface area contributed by atoms with Gasteiger partial charge in [-0.25, -0.2) is 0 Å². The van der Waals surface area contributed by atoms with E-state index in [0.717, 1.165) is 31.4 Å². The van der Waals surface area contributed by atoms with Crippen molar-refractivity contribution in [1.82, 2.24) is 0 Å². The third-order valence-electron chi connectivity index (χ3n) is 4.11. The summed E-state index contributed by atoms with van der Waals surface area (Å²) in [6.07, 6.45) is 5.15. The average Bonchev–Trinajstić information content (AvgIpc) is 2.49. The third-order valence-corrected chi connectivity index (χ3v) is 4.34. The lowest BCUT2D eigenvalue weighted by atomic mass is 9.84. The van der Waals surface area contributed by atoms with E-state index < -0.39 is 5.54 Å². The van der Waals surface area contributed by atoms with Crippen LogP contribution in [0.5, 0.6) is 0 Å². The maximum absolute atomic E-state index is 9.62. The highest BCUT2D eigenvalue weighted by atomic mass is 35.5. The van der Waals surface area contributed by atoms with Crippen molar-refractivity contribution in [2.75, 3.05) is 5.32 Å². The molecule has 2 nitrogen and oxygen atoms in total. The number of hydrogen-bond acceptors (Lipinski definition) is 2. The molecule has 0 heterocycles. The smallest absolute Gasteiger partial charge is 0.125 e. The van der Waals surface area contributed by atoms with Crippen LogP contribution >= 0.6 is 11.6 Å². The molecule has 1 aromatic rings. The highest BCUT2D eigenvalue weighted by Gasteiger charge is 2.35. The Kier molecular flexibility index (Phi) is 4.06. The fourth-order valence-electron chi connectivity index (χ4n) is 2.78. The molecule has 0 bridgehead atoms. The van der Waals surface area contributed by atoms with E-state index in [9.17, 15) is 5.26 Å². The van der Waals surface area contributed by atoms with Crippen LogP contribution in [0.1, 0.15) is 46.0 Å². The second-order valence-corrected chi connectivity index (χ2v) is 6.78. The molecule has 0 radical (unpaired) electrons. The molecule has 2 rings (SSSR count). The average molecular weight is 277 g/mol. The Labute approximate surface area is 120 Å².